The summed E-state index contributed by atoms with van der Waals surface area (Å²) in [5.41, 5.74) is 8.06. The van der Waals surface area contributed by atoms with Crippen molar-refractivity contribution in [3.63, 3.8) is 0 Å². The minimum absolute atomic E-state index is 0.0457. The van der Waals surface area contributed by atoms with Crippen LogP contribution in [0.3, 0.4) is 0 Å². The second-order valence-corrected chi connectivity index (χ2v) is 30.3. The van der Waals surface area contributed by atoms with Gasteiger partial charge in [-0.25, -0.2) is 0 Å². The molecule has 0 spiro atoms. The Hall–Kier alpha value is -4.92. The van der Waals surface area contributed by atoms with Crippen molar-refractivity contribution in [2.24, 2.45) is 30.0 Å². The van der Waals surface area contributed by atoms with E-state index in [1.807, 2.05) is 37.3 Å². The van der Waals surface area contributed by atoms with Gasteiger partial charge >= 0.3 is 0 Å². The molecule has 4 aliphatic rings. The molecule has 3 aliphatic carbocycles. The van der Waals surface area contributed by atoms with Gasteiger partial charge in [0, 0.05) is 70.7 Å². The zero-order chi connectivity index (χ0) is 67.3. The molecule has 0 saturated heterocycles. The Balaban J connectivity index is 1.14. The number of nitrogens with zero attached hydrogens (tertiary/aromatic N) is 6. The van der Waals surface area contributed by atoms with Crippen LogP contribution in [0.15, 0.2) is 66.4 Å². The molecule has 3 fully saturated rings. The van der Waals surface area contributed by atoms with Crippen LogP contribution in [0.5, 0.6) is 17.2 Å². The SMILES string of the molecule is CCCCCCCCCCCCCCCc1cc2c(O)c(c1)/C=N/C1CCCCC1/N=C/c1cc(CCCCCCCCCCCCCCC)cc(c1O)/C=N/C1CCCCC1/N=C/c1cc(CCCCCCCCCCCCCCC)cc(c1O)/C=N/C1CCCCC1/N=C/2. The quantitative estimate of drug-likeness (QED) is 0.0488. The van der Waals surface area contributed by atoms with Crippen LogP contribution in [0.1, 0.15) is 398 Å². The van der Waals surface area contributed by atoms with Gasteiger partial charge in [0.25, 0.3) is 0 Å². The van der Waals surface area contributed by atoms with Gasteiger partial charge < -0.3 is 15.3 Å². The number of aryl methyl sites for hydroxylation is 3. The number of phenols is 3. The number of hydrogen-bond donors (Lipinski definition) is 3. The molecular weight excluding hydrogens is 1180 g/mol. The third-order valence-corrected chi connectivity index (χ3v) is 21.9. The molecule has 3 N–H and O–H groups in total. The zero-order valence-corrected chi connectivity index (χ0v) is 61.6. The maximum atomic E-state index is 12.2. The lowest BCUT2D eigenvalue weighted by Crippen LogP contribution is -2.27. The molecule has 6 unspecified atom stereocenters. The molecule has 3 aromatic carbocycles. The number of rotatable bonds is 42. The molecule has 0 amide bonds. The molecule has 9 heteroatoms. The van der Waals surface area contributed by atoms with Crippen molar-refractivity contribution in [2.75, 3.05) is 0 Å². The van der Waals surface area contributed by atoms with Crippen molar-refractivity contribution in [3.05, 3.63) is 86.5 Å². The van der Waals surface area contributed by atoms with E-state index >= 15 is 0 Å². The number of fused-ring (bicyclic) bond motifs is 9. The molecule has 3 aromatic rings. The molecule has 6 atom stereocenters. The predicted octanol–water partition coefficient (Wildman–Crippen LogP) is 24.6. The highest BCUT2D eigenvalue weighted by Gasteiger charge is 2.27. The summed E-state index contributed by atoms with van der Waals surface area (Å²) in [6.07, 6.45) is 78.0. The van der Waals surface area contributed by atoms with Gasteiger partial charge in [-0.2, -0.15) is 0 Å². The summed E-state index contributed by atoms with van der Waals surface area (Å²) in [6.45, 7) is 6.89. The van der Waals surface area contributed by atoms with E-state index in [9.17, 15) is 15.3 Å². The highest BCUT2D eigenvalue weighted by Crippen LogP contribution is 2.33. The van der Waals surface area contributed by atoms with Gasteiger partial charge in [-0.05, 0) is 130 Å². The fraction of sp³-hybridized carbons (Fsp3) is 0.724. The smallest absolute Gasteiger partial charge is 0.133 e. The van der Waals surface area contributed by atoms with Crippen molar-refractivity contribution in [1.29, 1.82) is 0 Å². The van der Waals surface area contributed by atoms with Gasteiger partial charge in [0.15, 0.2) is 0 Å². The van der Waals surface area contributed by atoms with Gasteiger partial charge in [0.05, 0.1) is 36.3 Å². The van der Waals surface area contributed by atoms with Crippen LogP contribution >= 0.6 is 0 Å². The number of aromatic hydroxyl groups is 3. The predicted molar refractivity (Wildman–Crippen MR) is 416 cm³/mol. The Labute approximate surface area is 586 Å². The van der Waals surface area contributed by atoms with Crippen LogP contribution in [-0.2, 0) is 19.3 Å². The third-order valence-electron chi connectivity index (χ3n) is 21.9. The van der Waals surface area contributed by atoms with E-state index in [0.717, 1.165) is 149 Å². The fourth-order valence-corrected chi connectivity index (χ4v) is 15.7. The molecule has 1 heterocycles. The summed E-state index contributed by atoms with van der Waals surface area (Å²) in [6, 6.07) is 12.7. The standard InChI is InChI=1S/C87H138N6O3/c1-4-7-10-13-16-19-22-25-28-31-34-37-40-49-70-58-73-64-88-79-52-43-45-54-81(79)90-66-75-60-71(50-41-38-35-32-29-26-23-20-17-14-11-8-5-2)62-77(86(75)95)68-92-83-56-47-48-57-84(83)93-69-78-63-72(51-42-39-36-33-30-27-24-21-18-15-12-9-6-3)61-76(87(78)96)67-91-82-55-46-44-53-80(82)89-65-74(59-70)85(73)94/h58-69,79-84,94-96H,4-57H2,1-3H3/b88-64+,89-65+,90-66+,91-67+,92-68+,93-69+. The number of hydrogen-bond acceptors (Lipinski definition) is 9. The lowest BCUT2D eigenvalue weighted by molar-refractivity contribution is 0.389. The summed E-state index contributed by atoms with van der Waals surface area (Å²) >= 11 is 0. The Bertz CT molecular complexity index is 2340. The zero-order valence-electron chi connectivity index (χ0n) is 61.6. The lowest BCUT2D eigenvalue weighted by atomic mass is 9.90. The number of unbranched alkanes of at least 4 members (excludes halogenated alkanes) is 36. The van der Waals surface area contributed by atoms with E-state index in [1.54, 1.807) is 0 Å². The fourth-order valence-electron chi connectivity index (χ4n) is 15.7. The molecule has 3 saturated carbocycles. The van der Waals surface area contributed by atoms with E-state index in [0.29, 0.717) is 0 Å². The first kappa shape index (κ1) is 78.4. The van der Waals surface area contributed by atoms with Crippen molar-refractivity contribution in [2.45, 2.75) is 404 Å². The molecular formula is C87H138N6O3. The number of aliphatic imine (C=N–C) groups is 6. The normalized spacial score (nSPS) is 21.9. The van der Waals surface area contributed by atoms with E-state index in [4.69, 9.17) is 30.0 Å². The minimum atomic E-state index is -0.0457. The summed E-state index contributed by atoms with van der Waals surface area (Å²) in [4.78, 5) is 31.9. The number of benzene rings is 3. The Morgan fingerprint density at radius 3 is 0.531 bits per heavy atom. The molecule has 7 rings (SSSR count). The van der Waals surface area contributed by atoms with E-state index in [2.05, 4.69) is 57.2 Å². The first-order valence-electron chi connectivity index (χ1n) is 41.1. The van der Waals surface area contributed by atoms with Crippen molar-refractivity contribution in [1.82, 2.24) is 0 Å². The van der Waals surface area contributed by atoms with Crippen LogP contribution in [0.25, 0.3) is 0 Å². The van der Waals surface area contributed by atoms with Crippen LogP contribution in [0, 0.1) is 0 Å². The summed E-state index contributed by atoms with van der Waals surface area (Å²) in [5.74, 6) is 0.665. The largest absolute Gasteiger partial charge is 0.507 e. The van der Waals surface area contributed by atoms with Gasteiger partial charge in [0.2, 0.25) is 0 Å². The molecule has 9 nitrogen and oxygen atoms in total. The molecule has 1 aliphatic heterocycles. The Morgan fingerprint density at radius 1 is 0.229 bits per heavy atom. The van der Waals surface area contributed by atoms with E-state index in [1.165, 1.54) is 248 Å². The maximum absolute atomic E-state index is 12.2. The lowest BCUT2D eigenvalue weighted by Gasteiger charge is -2.26. The Morgan fingerprint density at radius 2 is 0.375 bits per heavy atom. The third kappa shape index (κ3) is 30.3. The van der Waals surface area contributed by atoms with E-state index in [-0.39, 0.29) is 53.5 Å². The van der Waals surface area contributed by atoms with Crippen LogP contribution in [0.2, 0.25) is 0 Å². The molecule has 0 radical (unpaired) electrons. The molecule has 534 valence electrons. The molecule has 0 aromatic heterocycles. The van der Waals surface area contributed by atoms with Gasteiger partial charge in [-0.3, -0.25) is 30.0 Å². The second kappa shape index (κ2) is 48.8. The van der Waals surface area contributed by atoms with E-state index < -0.39 is 0 Å². The molecule has 96 heavy (non-hydrogen) atoms. The van der Waals surface area contributed by atoms with Gasteiger partial charge in [0.1, 0.15) is 17.2 Å². The van der Waals surface area contributed by atoms with Gasteiger partial charge in [-0.15, -0.1) is 0 Å². The highest BCUT2D eigenvalue weighted by atomic mass is 16.3. The monoisotopic (exact) mass is 1320 g/mol. The van der Waals surface area contributed by atoms with Crippen LogP contribution in [-0.4, -0.2) is 88.9 Å². The van der Waals surface area contributed by atoms with Crippen molar-refractivity contribution >= 4 is 37.3 Å². The average Bonchev–Trinajstić information content (AvgIpc) is 0.959. The van der Waals surface area contributed by atoms with Gasteiger partial charge in [-0.1, -0.05) is 290 Å². The summed E-state index contributed by atoms with van der Waals surface area (Å²) in [7, 11) is 0. The summed E-state index contributed by atoms with van der Waals surface area (Å²) < 4.78 is 0. The first-order chi connectivity index (χ1) is 47.3. The summed E-state index contributed by atoms with van der Waals surface area (Å²) in [5, 5.41) is 36.7. The first-order valence-corrected chi connectivity index (χ1v) is 41.1. The second-order valence-electron chi connectivity index (χ2n) is 30.3. The number of phenolic OH excluding ortho intramolecular Hbond substituents is 3. The Kier molecular flexibility index (Phi) is 39.8. The van der Waals surface area contributed by atoms with Crippen LogP contribution in [0.4, 0.5) is 0 Å². The van der Waals surface area contributed by atoms with Crippen molar-refractivity contribution in [3.8, 4) is 17.2 Å². The minimum Gasteiger partial charge on any atom is -0.507 e. The van der Waals surface area contributed by atoms with Crippen LogP contribution < -0.4 is 0 Å². The average molecular weight is 1320 g/mol. The molecule has 6 bridgehead atoms. The highest BCUT2D eigenvalue weighted by molar-refractivity contribution is 5.94. The van der Waals surface area contributed by atoms with Crippen molar-refractivity contribution < 1.29 is 15.3 Å². The maximum Gasteiger partial charge on any atom is 0.133 e. The topological polar surface area (TPSA) is 135 Å².